The van der Waals surface area contributed by atoms with E-state index in [2.05, 4.69) is 30.7 Å². The molecule has 3 aromatic heterocycles. The van der Waals surface area contributed by atoms with Gasteiger partial charge in [0.2, 0.25) is 23.6 Å². The number of urea groups is 1. The summed E-state index contributed by atoms with van der Waals surface area (Å²) in [5, 5.41) is 16.5. The number of halogens is 2. The van der Waals surface area contributed by atoms with Gasteiger partial charge < -0.3 is 38.4 Å². The molecule has 0 fully saturated rings. The van der Waals surface area contributed by atoms with Crippen molar-refractivity contribution in [3.63, 3.8) is 0 Å². The number of hydrogen-bond acceptors (Lipinski definition) is 16. The molecule has 23 nitrogen and oxygen atoms in total. The molecule has 330 valence electrons. The Labute approximate surface area is 353 Å². The van der Waals surface area contributed by atoms with Crippen molar-refractivity contribution >= 4 is 64.7 Å². The summed E-state index contributed by atoms with van der Waals surface area (Å²) >= 11 is 12.3. The van der Waals surface area contributed by atoms with Crippen LogP contribution in [0.25, 0.3) is 5.69 Å². The second kappa shape index (κ2) is 21.8. The maximum Gasteiger partial charge on any atom is 0.442 e. The van der Waals surface area contributed by atoms with Crippen LogP contribution in [0.5, 0.6) is 17.5 Å². The molecule has 0 aliphatic rings. The van der Waals surface area contributed by atoms with Gasteiger partial charge in [-0.3, -0.25) is 24.8 Å². The number of methoxy groups -OCH3 is 2. The topological polar surface area (TPSA) is 317 Å². The van der Waals surface area contributed by atoms with Crippen LogP contribution in [0.1, 0.15) is 50.9 Å². The van der Waals surface area contributed by atoms with Crippen molar-refractivity contribution in [3.8, 4) is 23.2 Å². The Morgan fingerprint density at radius 3 is 2.12 bits per heavy atom. The summed E-state index contributed by atoms with van der Waals surface area (Å²) in [6, 6.07) is 6.01. The zero-order valence-electron chi connectivity index (χ0n) is 33.6. The van der Waals surface area contributed by atoms with Gasteiger partial charge in [-0.25, -0.2) is 19.3 Å². The highest BCUT2D eigenvalue weighted by Crippen LogP contribution is 2.34. The number of rotatable bonds is 13. The van der Waals surface area contributed by atoms with Crippen LogP contribution >= 0.6 is 30.8 Å². The van der Waals surface area contributed by atoms with Gasteiger partial charge in [0.05, 0.1) is 60.5 Å². The Bertz CT molecular complexity index is 2340. The lowest BCUT2D eigenvalue weighted by atomic mass is 9.97. The van der Waals surface area contributed by atoms with Crippen molar-refractivity contribution in [2.45, 2.75) is 51.2 Å². The average molecular weight is 925 g/mol. The monoisotopic (exact) mass is 923 g/mol. The number of nitrogens with one attached hydrogen (secondary N) is 3. The number of carboxylic acid groups (broad SMARTS) is 1. The average Bonchev–Trinajstić information content (AvgIpc) is 3.53. The Morgan fingerprint density at radius 2 is 1.63 bits per heavy atom. The van der Waals surface area contributed by atoms with Crippen LogP contribution < -0.4 is 35.3 Å². The number of amides is 3. The molecule has 0 spiro atoms. The summed E-state index contributed by atoms with van der Waals surface area (Å²) in [5.41, 5.74) is -0.210. The summed E-state index contributed by atoms with van der Waals surface area (Å²) < 4.78 is 58.7. The van der Waals surface area contributed by atoms with Crippen LogP contribution in [0.3, 0.4) is 0 Å². The molecule has 0 saturated heterocycles. The largest absolute Gasteiger partial charge is 0.489 e. The number of pyridine rings is 1. The van der Waals surface area contributed by atoms with Gasteiger partial charge in [0.15, 0.2) is 5.03 Å². The number of carboxylic acids is 1. The maximum absolute atomic E-state index is 12.5. The van der Waals surface area contributed by atoms with Crippen molar-refractivity contribution in [2.24, 2.45) is 0 Å². The highest BCUT2D eigenvalue weighted by atomic mass is 35.5. The van der Waals surface area contributed by atoms with E-state index in [0.29, 0.717) is 22.4 Å². The molecule has 0 bridgehead atoms. The lowest BCUT2D eigenvalue weighted by molar-refractivity contribution is -0.135. The van der Waals surface area contributed by atoms with Gasteiger partial charge in [-0.15, -0.1) is 5.10 Å². The van der Waals surface area contributed by atoms with Crippen LogP contribution in [0, 0.1) is 0 Å². The van der Waals surface area contributed by atoms with E-state index in [0.717, 1.165) is 4.68 Å². The molecule has 0 aliphatic heterocycles. The third kappa shape index (κ3) is 16.0. The maximum atomic E-state index is 12.5. The van der Waals surface area contributed by atoms with Crippen molar-refractivity contribution < 1.29 is 60.9 Å². The summed E-state index contributed by atoms with van der Waals surface area (Å²) in [4.78, 5) is 75.1. The Hall–Kier alpha value is -5.36. The van der Waals surface area contributed by atoms with Crippen molar-refractivity contribution in [1.29, 1.82) is 0 Å². The molecule has 4 aromatic rings. The van der Waals surface area contributed by atoms with E-state index in [1.807, 2.05) is 34.6 Å². The lowest BCUT2D eigenvalue weighted by Gasteiger charge is -2.14. The number of carbonyl (C=O) groups is 3. The molecule has 3 heterocycles. The van der Waals surface area contributed by atoms with E-state index in [4.69, 9.17) is 56.7 Å². The zero-order chi connectivity index (χ0) is 45.7. The van der Waals surface area contributed by atoms with Crippen LogP contribution in [0.15, 0.2) is 50.8 Å². The van der Waals surface area contributed by atoms with E-state index < -0.39 is 59.1 Å². The summed E-state index contributed by atoms with van der Waals surface area (Å²) in [7, 11) is -2.94. The normalized spacial score (nSPS) is 11.3. The number of ether oxygens (including phenoxy) is 3. The highest BCUT2D eigenvalue weighted by molar-refractivity contribution is 7.90. The molecular formula is C33H44Cl2N9O14PS. The van der Waals surface area contributed by atoms with Gasteiger partial charge in [-0.1, -0.05) is 44.0 Å². The van der Waals surface area contributed by atoms with E-state index in [-0.39, 0.29) is 39.8 Å². The fourth-order valence-corrected chi connectivity index (χ4v) is 5.99. The molecule has 60 heavy (non-hydrogen) atoms. The lowest BCUT2D eigenvalue weighted by Crippen LogP contribution is -2.36. The van der Waals surface area contributed by atoms with Gasteiger partial charge in [0.1, 0.15) is 5.75 Å². The molecule has 3 amide bonds. The third-order valence-electron chi connectivity index (χ3n) is 6.59. The number of hydrogen-bond donors (Lipinski definition) is 6. The Morgan fingerprint density at radius 1 is 1.03 bits per heavy atom. The second-order valence-electron chi connectivity index (χ2n) is 13.3. The molecule has 0 unspecified atom stereocenters. The van der Waals surface area contributed by atoms with Crippen molar-refractivity contribution in [2.75, 3.05) is 46.5 Å². The standard InChI is InChI=1S/C15H18Cl2N2O3.C15H18N6O6S.C3H8NO5P/c1-8(2)21-12-7-11(9(16)6-10(12)17)19-14(20)22-13(18-19)15(3,4)5;1-21(2)13(22)9-6-5-7-16-12(9)28(24,25)20-15(23)19-14-17-10(26-3)8-11(18-14)27-4;5-3(6)1-4-2-10(7,8)9/h6-8H,1-5H3;5-8H,1-4H3,(H2,17,18,19,20,23);4H,1-2H2,(H,5,6)(H2,7,8,9). The van der Waals surface area contributed by atoms with Gasteiger partial charge >= 0.3 is 25.4 Å². The molecule has 0 saturated carbocycles. The van der Waals surface area contributed by atoms with E-state index in [1.54, 1.807) is 10.8 Å². The molecule has 6 N–H and O–H groups in total. The van der Waals surface area contributed by atoms with Crippen LogP contribution in [-0.4, -0.2) is 118 Å². The zero-order valence-corrected chi connectivity index (χ0v) is 36.8. The predicted octanol–water partition coefficient (Wildman–Crippen LogP) is 3.11. The first kappa shape index (κ1) is 50.8. The summed E-state index contributed by atoms with van der Waals surface area (Å²) in [5.74, 6) is -1.65. The molecule has 1 aromatic carbocycles. The first-order chi connectivity index (χ1) is 27.7. The number of aromatic nitrogens is 5. The van der Waals surface area contributed by atoms with Crippen LogP contribution in [-0.2, 0) is 24.8 Å². The number of sulfonamides is 1. The van der Waals surface area contributed by atoms with Crippen molar-refractivity contribution in [1.82, 2.24) is 39.7 Å². The highest BCUT2D eigenvalue weighted by Gasteiger charge is 2.28. The first-order valence-corrected chi connectivity index (χ1v) is 20.9. The van der Waals surface area contributed by atoms with Gasteiger partial charge in [-0.05, 0) is 32.0 Å². The minimum absolute atomic E-state index is 0.0642. The van der Waals surface area contributed by atoms with Gasteiger partial charge in [-0.2, -0.15) is 23.1 Å². The quantitative estimate of drug-likeness (QED) is 0.105. The molecule has 27 heteroatoms. The number of nitrogens with zero attached hydrogens (tertiary/aromatic N) is 6. The SMILES string of the molecule is CC(C)Oc1cc(-n2nc(C(C)(C)C)oc2=O)c(Cl)cc1Cl.COc1cc(OC)nc(NC(=O)NS(=O)(=O)c2ncccc2C(=O)N(C)C)n1.O=C(O)CNCP(=O)(O)O. The summed E-state index contributed by atoms with van der Waals surface area (Å²) in [6.07, 6.45) is 0.527. The van der Waals surface area contributed by atoms with Crippen LogP contribution in [0.2, 0.25) is 10.0 Å². The molecule has 4 rings (SSSR count). The summed E-state index contributed by atoms with van der Waals surface area (Å²) in [6.45, 7) is 9.03. The third-order valence-corrected chi connectivity index (χ3v) is 9.11. The Kier molecular flexibility index (Phi) is 18.4. The van der Waals surface area contributed by atoms with E-state index >= 15 is 0 Å². The van der Waals surface area contributed by atoms with Gasteiger partial charge in [0.25, 0.3) is 15.9 Å². The molecule has 0 aliphatic carbocycles. The molecular weight excluding hydrogens is 880 g/mol. The first-order valence-electron chi connectivity index (χ1n) is 16.9. The minimum Gasteiger partial charge on any atom is -0.489 e. The number of carbonyl (C=O) groups excluding carboxylic acids is 2. The molecule has 0 atom stereocenters. The minimum atomic E-state index is -4.46. The number of benzene rings is 1. The van der Waals surface area contributed by atoms with Crippen molar-refractivity contribution in [3.05, 3.63) is 68.6 Å². The molecule has 0 radical (unpaired) electrons. The van der Waals surface area contributed by atoms with E-state index in [9.17, 15) is 32.2 Å². The van der Waals surface area contributed by atoms with Gasteiger partial charge in [0, 0.05) is 31.8 Å². The predicted molar refractivity (Wildman–Crippen MR) is 216 cm³/mol. The number of anilines is 1. The fourth-order valence-electron chi connectivity index (χ4n) is 4.04. The fraction of sp³-hybridized carbons (Fsp3) is 0.394. The van der Waals surface area contributed by atoms with Crippen LogP contribution in [0.4, 0.5) is 10.7 Å². The Balaban J connectivity index is 0.000000344. The second-order valence-corrected chi connectivity index (χ2v) is 17.3. The smallest absolute Gasteiger partial charge is 0.442 e. The van der Waals surface area contributed by atoms with E-state index in [1.165, 1.54) is 63.7 Å². The number of aliphatic carboxylic acids is 1.